The maximum absolute atomic E-state index is 5.47. The second-order valence-corrected chi connectivity index (χ2v) is 7.19. The largest absolute Gasteiger partial charge is 0.496 e. The lowest BCUT2D eigenvalue weighted by molar-refractivity contribution is 0.377. The molecule has 1 rings (SSSR count). The fraction of sp³-hybridized carbons (Fsp3) is 0.600. The second-order valence-electron chi connectivity index (χ2n) is 5.34. The van der Waals surface area contributed by atoms with Gasteiger partial charge in [-0.2, -0.15) is 11.8 Å². The molecule has 0 amide bonds. The summed E-state index contributed by atoms with van der Waals surface area (Å²) in [5, 5.41) is 3.36. The topological polar surface area (TPSA) is 30.5 Å². The Kier molecular flexibility index (Phi) is 6.01. The van der Waals surface area contributed by atoms with E-state index >= 15 is 0 Å². The van der Waals surface area contributed by atoms with Gasteiger partial charge in [-0.25, -0.2) is 0 Å². The summed E-state index contributed by atoms with van der Waals surface area (Å²) in [5.41, 5.74) is 1.09. The molecule has 0 aliphatic rings. The minimum absolute atomic E-state index is 0.204. The molecule has 1 aromatic carbocycles. The molecular formula is C15H25NO2S. The Balaban J connectivity index is 3.02. The molecule has 0 aromatic heterocycles. The van der Waals surface area contributed by atoms with Crippen LogP contribution in [0.2, 0.25) is 0 Å². The molecule has 0 radical (unpaired) electrons. The van der Waals surface area contributed by atoms with Crippen LogP contribution in [0.4, 0.5) is 0 Å². The third kappa shape index (κ3) is 4.62. The number of methoxy groups -OCH3 is 2. The molecule has 0 saturated carbocycles. The molecule has 0 fully saturated rings. The van der Waals surface area contributed by atoms with Crippen molar-refractivity contribution in [2.45, 2.75) is 31.6 Å². The number of ether oxygens (including phenoxy) is 2. The molecule has 1 aromatic rings. The van der Waals surface area contributed by atoms with Crippen LogP contribution in [0.3, 0.4) is 0 Å². The molecule has 4 heteroatoms. The van der Waals surface area contributed by atoms with Gasteiger partial charge in [0.25, 0.3) is 0 Å². The first kappa shape index (κ1) is 16.2. The van der Waals surface area contributed by atoms with Gasteiger partial charge in [-0.15, -0.1) is 0 Å². The molecule has 3 nitrogen and oxygen atoms in total. The zero-order chi connectivity index (χ0) is 14.5. The molecular weight excluding hydrogens is 258 g/mol. The van der Waals surface area contributed by atoms with Gasteiger partial charge in [-0.1, -0.05) is 26.8 Å². The molecule has 0 aliphatic heterocycles. The van der Waals surface area contributed by atoms with Crippen LogP contribution in [-0.4, -0.2) is 31.8 Å². The van der Waals surface area contributed by atoms with Crippen LogP contribution in [-0.2, 0) is 0 Å². The number of rotatable bonds is 6. The number of hydrogen-bond acceptors (Lipinski definition) is 4. The number of nitrogens with one attached hydrogen (secondary N) is 1. The Bertz CT molecular complexity index is 379. The second kappa shape index (κ2) is 7.06. The number of thioether (sulfide) groups is 1. The number of hydrogen-bond donors (Lipinski definition) is 1. The lowest BCUT2D eigenvalue weighted by Gasteiger charge is -2.25. The van der Waals surface area contributed by atoms with Crippen LogP contribution in [0.15, 0.2) is 18.2 Å². The molecule has 1 N–H and O–H groups in total. The van der Waals surface area contributed by atoms with Crippen LogP contribution >= 0.6 is 11.8 Å². The third-order valence-electron chi connectivity index (χ3n) is 2.85. The van der Waals surface area contributed by atoms with Crippen molar-refractivity contribution in [1.29, 1.82) is 0 Å². The van der Waals surface area contributed by atoms with Gasteiger partial charge in [-0.05, 0) is 19.2 Å². The van der Waals surface area contributed by atoms with Crippen LogP contribution in [0.1, 0.15) is 32.4 Å². The van der Waals surface area contributed by atoms with E-state index in [1.807, 2.05) is 37.0 Å². The summed E-state index contributed by atoms with van der Waals surface area (Å²) in [4.78, 5) is 0. The van der Waals surface area contributed by atoms with Crippen LogP contribution in [0.5, 0.6) is 11.5 Å². The van der Waals surface area contributed by atoms with E-state index in [1.165, 1.54) is 0 Å². The fourth-order valence-electron chi connectivity index (χ4n) is 1.87. The molecule has 108 valence electrons. The van der Waals surface area contributed by atoms with E-state index in [9.17, 15) is 0 Å². The monoisotopic (exact) mass is 283 g/mol. The van der Waals surface area contributed by atoms with Crippen molar-refractivity contribution >= 4 is 11.8 Å². The molecule has 1 unspecified atom stereocenters. The van der Waals surface area contributed by atoms with E-state index in [2.05, 4.69) is 26.1 Å². The highest BCUT2D eigenvalue weighted by molar-refractivity contribution is 8.00. The summed E-state index contributed by atoms with van der Waals surface area (Å²) in [5.74, 6) is 2.71. The molecule has 0 bridgehead atoms. The highest BCUT2D eigenvalue weighted by Gasteiger charge is 2.22. The van der Waals surface area contributed by atoms with Gasteiger partial charge in [-0.3, -0.25) is 0 Å². The van der Waals surface area contributed by atoms with Crippen LogP contribution in [0, 0.1) is 0 Å². The first-order chi connectivity index (χ1) is 8.92. The van der Waals surface area contributed by atoms with Gasteiger partial charge in [0.2, 0.25) is 0 Å². The summed E-state index contributed by atoms with van der Waals surface area (Å²) < 4.78 is 11.2. The fourth-order valence-corrected chi connectivity index (χ4v) is 2.87. The highest BCUT2D eigenvalue weighted by atomic mass is 32.2. The van der Waals surface area contributed by atoms with Gasteiger partial charge in [0, 0.05) is 16.5 Å². The lowest BCUT2D eigenvalue weighted by Crippen LogP contribution is -2.23. The van der Waals surface area contributed by atoms with Gasteiger partial charge in [0.15, 0.2) is 0 Å². The Morgan fingerprint density at radius 2 is 1.68 bits per heavy atom. The van der Waals surface area contributed by atoms with Gasteiger partial charge in [0.05, 0.1) is 19.8 Å². The summed E-state index contributed by atoms with van der Waals surface area (Å²) in [6, 6.07) is 6.11. The predicted molar refractivity (Wildman–Crippen MR) is 83.6 cm³/mol. The first-order valence-corrected chi connectivity index (χ1v) is 7.43. The van der Waals surface area contributed by atoms with Crippen molar-refractivity contribution in [3.8, 4) is 11.5 Å². The summed E-state index contributed by atoms with van der Waals surface area (Å²) in [7, 11) is 5.36. The molecule has 0 aliphatic carbocycles. The van der Waals surface area contributed by atoms with Gasteiger partial charge in [0.1, 0.15) is 11.5 Å². The van der Waals surface area contributed by atoms with Crippen LogP contribution < -0.4 is 14.8 Å². The highest BCUT2D eigenvalue weighted by Crippen LogP contribution is 2.37. The molecule has 0 heterocycles. The Labute approximate surface area is 121 Å². The van der Waals surface area contributed by atoms with Crippen molar-refractivity contribution in [3.63, 3.8) is 0 Å². The van der Waals surface area contributed by atoms with Gasteiger partial charge >= 0.3 is 0 Å². The molecule has 0 spiro atoms. The number of benzene rings is 1. The Morgan fingerprint density at radius 3 is 2.05 bits per heavy atom. The average Bonchev–Trinajstić information content (AvgIpc) is 2.38. The quantitative estimate of drug-likeness (QED) is 0.865. The van der Waals surface area contributed by atoms with Crippen molar-refractivity contribution in [2.75, 3.05) is 27.0 Å². The van der Waals surface area contributed by atoms with Crippen molar-refractivity contribution in [2.24, 2.45) is 0 Å². The van der Waals surface area contributed by atoms with Crippen LogP contribution in [0.25, 0.3) is 0 Å². The van der Waals surface area contributed by atoms with Crippen molar-refractivity contribution in [3.05, 3.63) is 23.8 Å². The van der Waals surface area contributed by atoms with Gasteiger partial charge < -0.3 is 14.8 Å². The van der Waals surface area contributed by atoms with E-state index in [4.69, 9.17) is 9.47 Å². The van der Waals surface area contributed by atoms with E-state index < -0.39 is 0 Å². The average molecular weight is 283 g/mol. The predicted octanol–water partition coefficient (Wildman–Crippen LogP) is 3.50. The minimum atomic E-state index is 0.204. The third-order valence-corrected chi connectivity index (χ3v) is 4.21. The van der Waals surface area contributed by atoms with E-state index in [0.29, 0.717) is 0 Å². The minimum Gasteiger partial charge on any atom is -0.496 e. The summed E-state index contributed by atoms with van der Waals surface area (Å²) in [6.07, 6.45) is 0. The molecule has 1 atom stereocenters. The normalized spacial score (nSPS) is 13.2. The Hall–Kier alpha value is -0.870. The van der Waals surface area contributed by atoms with Crippen molar-refractivity contribution in [1.82, 2.24) is 5.32 Å². The van der Waals surface area contributed by atoms with E-state index in [0.717, 1.165) is 22.8 Å². The zero-order valence-electron chi connectivity index (χ0n) is 12.7. The van der Waals surface area contributed by atoms with Crippen molar-refractivity contribution < 1.29 is 9.47 Å². The van der Waals surface area contributed by atoms with E-state index in [-0.39, 0.29) is 10.8 Å². The Morgan fingerprint density at radius 1 is 1.16 bits per heavy atom. The maximum atomic E-state index is 5.47. The van der Waals surface area contributed by atoms with E-state index in [1.54, 1.807) is 14.2 Å². The maximum Gasteiger partial charge on any atom is 0.127 e. The summed E-state index contributed by atoms with van der Waals surface area (Å²) >= 11 is 1.93. The first-order valence-electron chi connectivity index (χ1n) is 6.45. The SMILES string of the molecule is CNC(CSC(C)(C)C)c1c(OC)cccc1OC. The molecule has 19 heavy (non-hydrogen) atoms. The summed E-state index contributed by atoms with van der Waals surface area (Å²) in [6.45, 7) is 6.68. The standard InChI is InChI=1S/C15H25NO2S/c1-15(2,3)19-10-11(16-4)14-12(17-5)8-7-9-13(14)18-6/h7-9,11,16H,10H2,1-6H3. The molecule has 0 saturated heterocycles. The smallest absolute Gasteiger partial charge is 0.127 e. The zero-order valence-corrected chi connectivity index (χ0v) is 13.6. The lowest BCUT2D eigenvalue weighted by atomic mass is 10.1.